The van der Waals surface area contributed by atoms with Crippen LogP contribution in [0, 0.1) is 5.92 Å². The molecule has 106 valence electrons. The maximum atomic E-state index is 12.4. The Balaban J connectivity index is 2.04. The zero-order valence-electron chi connectivity index (χ0n) is 11.9. The zero-order valence-corrected chi connectivity index (χ0v) is 11.9. The number of carbonyl (C=O) groups is 1. The number of nitrogens with one attached hydrogen (secondary N) is 1. The van der Waals surface area contributed by atoms with Crippen molar-refractivity contribution in [3.05, 3.63) is 11.4 Å². The molecule has 3 N–H and O–H groups in total. The number of aryl methyl sites for hydroxylation is 1. The Kier molecular flexibility index (Phi) is 4.45. The highest BCUT2D eigenvalue weighted by atomic mass is 16.2. The van der Waals surface area contributed by atoms with Crippen molar-refractivity contribution in [2.24, 2.45) is 5.92 Å². The standard InChI is InChI=1S/C14H24N4O/c1-3-5-10-7-8-18(9-10)14(19)13-12(15)11(6-4-2)16-17-13/h10H,3-9,15H2,1-2H3,(H,16,17). The van der Waals surface area contributed by atoms with Crippen LogP contribution in [0.2, 0.25) is 0 Å². The first-order valence-electron chi connectivity index (χ1n) is 7.29. The van der Waals surface area contributed by atoms with Gasteiger partial charge in [0.05, 0.1) is 11.4 Å². The van der Waals surface area contributed by atoms with Gasteiger partial charge in [0.25, 0.3) is 5.91 Å². The molecule has 5 nitrogen and oxygen atoms in total. The van der Waals surface area contributed by atoms with Gasteiger partial charge < -0.3 is 10.6 Å². The number of anilines is 1. The maximum absolute atomic E-state index is 12.4. The molecule has 1 unspecified atom stereocenters. The average molecular weight is 264 g/mol. The van der Waals surface area contributed by atoms with Crippen LogP contribution in [0.4, 0.5) is 5.69 Å². The van der Waals surface area contributed by atoms with Gasteiger partial charge in [-0.1, -0.05) is 26.7 Å². The Hall–Kier alpha value is -1.52. The Labute approximate surface area is 114 Å². The predicted octanol–water partition coefficient (Wildman–Crippen LogP) is 2.21. The second-order valence-corrected chi connectivity index (χ2v) is 5.41. The lowest BCUT2D eigenvalue weighted by molar-refractivity contribution is 0.0781. The van der Waals surface area contributed by atoms with Crippen LogP contribution in [0.3, 0.4) is 0 Å². The highest BCUT2D eigenvalue weighted by molar-refractivity contribution is 5.97. The number of hydrogen-bond acceptors (Lipinski definition) is 3. The van der Waals surface area contributed by atoms with Gasteiger partial charge in [-0.3, -0.25) is 9.89 Å². The van der Waals surface area contributed by atoms with Crippen LogP contribution in [-0.2, 0) is 6.42 Å². The largest absolute Gasteiger partial charge is 0.395 e. The van der Waals surface area contributed by atoms with Gasteiger partial charge in [-0.25, -0.2) is 0 Å². The number of aromatic amines is 1. The fourth-order valence-electron chi connectivity index (χ4n) is 2.80. The lowest BCUT2D eigenvalue weighted by Gasteiger charge is -2.15. The minimum Gasteiger partial charge on any atom is -0.395 e. The van der Waals surface area contributed by atoms with Crippen LogP contribution >= 0.6 is 0 Å². The number of nitrogens with two attached hydrogens (primary N) is 1. The normalized spacial score (nSPS) is 19.1. The predicted molar refractivity (Wildman–Crippen MR) is 75.9 cm³/mol. The molecule has 0 bridgehead atoms. The molecular weight excluding hydrogens is 240 g/mol. The van der Waals surface area contributed by atoms with E-state index in [2.05, 4.69) is 24.0 Å². The van der Waals surface area contributed by atoms with E-state index >= 15 is 0 Å². The number of nitrogen functional groups attached to an aromatic ring is 1. The van der Waals surface area contributed by atoms with Gasteiger partial charge in [-0.2, -0.15) is 5.10 Å². The van der Waals surface area contributed by atoms with Crippen LogP contribution in [0.15, 0.2) is 0 Å². The van der Waals surface area contributed by atoms with Crippen LogP contribution < -0.4 is 5.73 Å². The van der Waals surface area contributed by atoms with Crippen molar-refractivity contribution in [3.63, 3.8) is 0 Å². The third-order valence-corrected chi connectivity index (χ3v) is 3.86. The fraction of sp³-hybridized carbons (Fsp3) is 0.714. The molecule has 1 aromatic rings. The van der Waals surface area contributed by atoms with Gasteiger partial charge in [0.2, 0.25) is 0 Å². The summed E-state index contributed by atoms with van der Waals surface area (Å²) >= 11 is 0. The van der Waals surface area contributed by atoms with Crippen LogP contribution in [0.5, 0.6) is 0 Å². The van der Waals surface area contributed by atoms with Crippen molar-refractivity contribution in [2.75, 3.05) is 18.8 Å². The number of carbonyl (C=O) groups excluding carboxylic acids is 1. The van der Waals surface area contributed by atoms with Crippen molar-refractivity contribution in [1.29, 1.82) is 0 Å². The minimum absolute atomic E-state index is 0.0188. The first-order chi connectivity index (χ1) is 9.17. The first-order valence-corrected chi connectivity index (χ1v) is 7.29. The Morgan fingerprint density at radius 2 is 2.26 bits per heavy atom. The molecule has 1 aliphatic rings. The minimum atomic E-state index is -0.0188. The third kappa shape index (κ3) is 2.91. The van der Waals surface area contributed by atoms with E-state index in [9.17, 15) is 4.79 Å². The van der Waals surface area contributed by atoms with E-state index in [0.29, 0.717) is 17.3 Å². The number of rotatable bonds is 5. The average Bonchev–Trinajstić information content (AvgIpc) is 2.98. The third-order valence-electron chi connectivity index (χ3n) is 3.86. The molecule has 5 heteroatoms. The van der Waals surface area contributed by atoms with Crippen molar-refractivity contribution >= 4 is 11.6 Å². The lowest BCUT2D eigenvalue weighted by atomic mass is 10.0. The van der Waals surface area contributed by atoms with E-state index in [1.54, 1.807) is 0 Å². The van der Waals surface area contributed by atoms with Gasteiger partial charge in [-0.05, 0) is 25.2 Å². The summed E-state index contributed by atoms with van der Waals surface area (Å²) < 4.78 is 0. The van der Waals surface area contributed by atoms with Crippen molar-refractivity contribution in [2.45, 2.75) is 46.0 Å². The second-order valence-electron chi connectivity index (χ2n) is 5.41. The van der Waals surface area contributed by atoms with Gasteiger partial charge >= 0.3 is 0 Å². The van der Waals surface area contributed by atoms with E-state index in [-0.39, 0.29) is 5.91 Å². The molecule has 1 saturated heterocycles. The topological polar surface area (TPSA) is 75.0 Å². The molecule has 0 aliphatic carbocycles. The first kappa shape index (κ1) is 13.9. The molecular formula is C14H24N4O. The van der Waals surface area contributed by atoms with Crippen molar-refractivity contribution in [3.8, 4) is 0 Å². The summed E-state index contributed by atoms with van der Waals surface area (Å²) in [5.41, 5.74) is 7.83. The van der Waals surface area contributed by atoms with Gasteiger partial charge in [0.15, 0.2) is 5.69 Å². The molecule has 1 amide bonds. The summed E-state index contributed by atoms with van der Waals surface area (Å²) in [5, 5.41) is 7.00. The summed E-state index contributed by atoms with van der Waals surface area (Å²) in [4.78, 5) is 14.3. The van der Waals surface area contributed by atoms with Gasteiger partial charge in [-0.15, -0.1) is 0 Å². The molecule has 1 aliphatic heterocycles. The number of H-pyrrole nitrogens is 1. The fourth-order valence-corrected chi connectivity index (χ4v) is 2.80. The number of aromatic nitrogens is 2. The van der Waals surface area contributed by atoms with E-state index in [1.165, 1.54) is 12.8 Å². The van der Waals surface area contributed by atoms with Crippen molar-refractivity contribution in [1.82, 2.24) is 15.1 Å². The maximum Gasteiger partial charge on any atom is 0.276 e. The van der Waals surface area contributed by atoms with Crippen molar-refractivity contribution < 1.29 is 4.79 Å². The van der Waals surface area contributed by atoms with E-state index in [1.807, 2.05) is 4.90 Å². The lowest BCUT2D eigenvalue weighted by Crippen LogP contribution is -2.29. The zero-order chi connectivity index (χ0) is 13.8. The number of likely N-dealkylation sites (tertiary alicyclic amines) is 1. The Morgan fingerprint density at radius 3 is 2.95 bits per heavy atom. The second kappa shape index (κ2) is 6.08. The molecule has 19 heavy (non-hydrogen) atoms. The molecule has 0 radical (unpaired) electrons. The van der Waals surface area contributed by atoms with Crippen LogP contribution in [-0.4, -0.2) is 34.1 Å². The smallest absolute Gasteiger partial charge is 0.276 e. The highest BCUT2D eigenvalue weighted by Gasteiger charge is 2.29. The summed E-state index contributed by atoms with van der Waals surface area (Å²) in [6, 6.07) is 0. The Bertz CT molecular complexity index is 441. The summed E-state index contributed by atoms with van der Waals surface area (Å²) in [7, 11) is 0. The molecule has 1 aromatic heterocycles. The SMILES string of the molecule is CCCc1[nH]nc(C(=O)N2CCC(CCC)C2)c1N. The van der Waals surface area contributed by atoms with Gasteiger partial charge in [0, 0.05) is 13.1 Å². The van der Waals surface area contributed by atoms with Crippen LogP contribution in [0.25, 0.3) is 0 Å². The number of hydrogen-bond donors (Lipinski definition) is 2. The van der Waals surface area contributed by atoms with E-state index in [4.69, 9.17) is 5.73 Å². The van der Waals surface area contributed by atoms with E-state index in [0.717, 1.165) is 38.0 Å². The molecule has 2 rings (SSSR count). The summed E-state index contributed by atoms with van der Waals surface area (Å²) in [5.74, 6) is 0.624. The number of amides is 1. The summed E-state index contributed by atoms with van der Waals surface area (Å²) in [6.45, 7) is 5.95. The highest BCUT2D eigenvalue weighted by Crippen LogP contribution is 2.24. The molecule has 0 spiro atoms. The monoisotopic (exact) mass is 264 g/mol. The molecule has 2 heterocycles. The van der Waals surface area contributed by atoms with Gasteiger partial charge in [0.1, 0.15) is 0 Å². The molecule has 0 aromatic carbocycles. The van der Waals surface area contributed by atoms with E-state index < -0.39 is 0 Å². The summed E-state index contributed by atoms with van der Waals surface area (Å²) in [6.07, 6.45) is 5.30. The molecule has 0 saturated carbocycles. The number of nitrogens with zero attached hydrogens (tertiary/aromatic N) is 2. The molecule has 1 fully saturated rings. The van der Waals surface area contributed by atoms with Crippen LogP contribution in [0.1, 0.15) is 55.7 Å². The Morgan fingerprint density at radius 1 is 1.47 bits per heavy atom. The quantitative estimate of drug-likeness (QED) is 0.856. The molecule has 1 atom stereocenters.